The van der Waals surface area contributed by atoms with Crippen molar-refractivity contribution in [3.8, 4) is 0 Å². The van der Waals surface area contributed by atoms with Crippen LogP contribution in [-0.2, 0) is 0 Å². The smallest absolute Gasteiger partial charge is 0.274 e. The van der Waals surface area contributed by atoms with Crippen molar-refractivity contribution in [2.45, 2.75) is 6.92 Å². The molecule has 2 aromatic carbocycles. The van der Waals surface area contributed by atoms with Crippen molar-refractivity contribution in [3.63, 3.8) is 0 Å². The molecule has 0 aliphatic heterocycles. The van der Waals surface area contributed by atoms with Gasteiger partial charge in [0.15, 0.2) is 0 Å². The summed E-state index contributed by atoms with van der Waals surface area (Å²) in [6, 6.07) is 15.0. The molecule has 0 aliphatic carbocycles. The second kappa shape index (κ2) is 7.82. The topological polar surface area (TPSA) is 70.2 Å². The number of hydrogen-bond donors (Lipinski definition) is 2. The molecule has 138 valence electrons. The fraction of sp³-hybridized carbons (Fsp3) is 0.150. The lowest BCUT2D eigenvalue weighted by molar-refractivity contribution is 0.102. The van der Waals surface area contributed by atoms with E-state index in [0.717, 1.165) is 5.69 Å². The van der Waals surface area contributed by atoms with Crippen LogP contribution in [0, 0.1) is 12.7 Å². The number of carbonyl (C=O) groups is 1. The average molecular weight is 365 g/mol. The van der Waals surface area contributed by atoms with Gasteiger partial charge in [-0.3, -0.25) is 4.79 Å². The van der Waals surface area contributed by atoms with Crippen LogP contribution in [0.25, 0.3) is 0 Å². The summed E-state index contributed by atoms with van der Waals surface area (Å²) in [4.78, 5) is 23.0. The van der Waals surface area contributed by atoms with Crippen molar-refractivity contribution >= 4 is 28.8 Å². The van der Waals surface area contributed by atoms with E-state index in [1.165, 1.54) is 18.2 Å². The molecule has 6 nitrogen and oxygen atoms in total. The Hall–Kier alpha value is -3.48. The van der Waals surface area contributed by atoms with Gasteiger partial charge in [-0.1, -0.05) is 6.07 Å². The van der Waals surface area contributed by atoms with Crippen LogP contribution in [0.15, 0.2) is 54.6 Å². The van der Waals surface area contributed by atoms with Crippen LogP contribution in [0.5, 0.6) is 0 Å². The molecule has 3 rings (SSSR count). The van der Waals surface area contributed by atoms with Gasteiger partial charge >= 0.3 is 0 Å². The summed E-state index contributed by atoms with van der Waals surface area (Å²) < 4.78 is 13.3. The lowest BCUT2D eigenvalue weighted by Crippen LogP contribution is -2.15. The van der Waals surface area contributed by atoms with Gasteiger partial charge in [-0.05, 0) is 49.4 Å². The van der Waals surface area contributed by atoms with E-state index in [-0.39, 0.29) is 17.4 Å². The van der Waals surface area contributed by atoms with E-state index in [9.17, 15) is 9.18 Å². The molecule has 3 aromatic rings. The number of anilines is 4. The van der Waals surface area contributed by atoms with Crippen molar-refractivity contribution in [1.82, 2.24) is 9.97 Å². The van der Waals surface area contributed by atoms with E-state index in [1.54, 1.807) is 19.1 Å². The predicted molar refractivity (Wildman–Crippen MR) is 105 cm³/mol. The highest BCUT2D eigenvalue weighted by Crippen LogP contribution is 2.19. The molecule has 0 saturated heterocycles. The zero-order chi connectivity index (χ0) is 19.4. The zero-order valence-electron chi connectivity index (χ0n) is 15.3. The molecule has 0 spiro atoms. The lowest BCUT2D eigenvalue weighted by atomic mass is 10.2. The monoisotopic (exact) mass is 365 g/mol. The minimum atomic E-state index is -0.357. The Morgan fingerprint density at radius 1 is 1.00 bits per heavy atom. The van der Waals surface area contributed by atoms with Crippen LogP contribution in [0.1, 0.15) is 16.3 Å². The second-order valence-corrected chi connectivity index (χ2v) is 6.22. The van der Waals surface area contributed by atoms with Crippen molar-refractivity contribution in [3.05, 3.63) is 71.9 Å². The van der Waals surface area contributed by atoms with Crippen molar-refractivity contribution < 1.29 is 9.18 Å². The van der Waals surface area contributed by atoms with Gasteiger partial charge < -0.3 is 15.5 Å². The third-order valence-corrected chi connectivity index (χ3v) is 3.81. The molecular formula is C20H20FN5O. The number of amides is 1. The van der Waals surface area contributed by atoms with Crippen molar-refractivity contribution in [2.24, 2.45) is 0 Å². The third kappa shape index (κ3) is 4.78. The van der Waals surface area contributed by atoms with Crippen LogP contribution in [-0.4, -0.2) is 30.0 Å². The average Bonchev–Trinajstić information content (AvgIpc) is 2.61. The molecule has 1 aromatic heterocycles. The molecule has 0 unspecified atom stereocenters. The standard InChI is InChI=1S/C20H20FN5O/c1-13-22-18(12-19(23-13)24-16-6-4-5-14(21)11-16)20(27)25-15-7-9-17(10-8-15)26(2)3/h4-12H,1-3H3,(H,25,27)(H,22,23,24). The Balaban J connectivity index is 1.77. The maximum Gasteiger partial charge on any atom is 0.274 e. The summed E-state index contributed by atoms with van der Waals surface area (Å²) in [7, 11) is 3.90. The number of aryl methyl sites for hydroxylation is 1. The molecule has 1 heterocycles. The van der Waals surface area contributed by atoms with E-state index in [0.29, 0.717) is 23.0 Å². The fourth-order valence-corrected chi connectivity index (χ4v) is 2.50. The number of aromatic nitrogens is 2. The number of hydrogen-bond acceptors (Lipinski definition) is 5. The number of halogens is 1. The SMILES string of the molecule is Cc1nc(Nc2cccc(F)c2)cc(C(=O)Nc2ccc(N(C)C)cc2)n1. The molecule has 0 aliphatic rings. The summed E-state index contributed by atoms with van der Waals surface area (Å²) in [5, 5.41) is 5.80. The first kappa shape index (κ1) is 18.3. The van der Waals surface area contributed by atoms with Gasteiger partial charge in [0, 0.05) is 37.2 Å². The van der Waals surface area contributed by atoms with Gasteiger partial charge in [-0.15, -0.1) is 0 Å². The summed E-state index contributed by atoms with van der Waals surface area (Å²) >= 11 is 0. The van der Waals surface area contributed by atoms with Gasteiger partial charge in [0.25, 0.3) is 5.91 Å². The first-order valence-corrected chi connectivity index (χ1v) is 8.38. The molecular weight excluding hydrogens is 345 g/mol. The number of rotatable bonds is 5. The molecule has 0 atom stereocenters. The third-order valence-electron chi connectivity index (χ3n) is 3.81. The van der Waals surface area contributed by atoms with E-state index < -0.39 is 0 Å². The quantitative estimate of drug-likeness (QED) is 0.716. The highest BCUT2D eigenvalue weighted by Gasteiger charge is 2.11. The van der Waals surface area contributed by atoms with Crippen LogP contribution in [0.4, 0.5) is 27.3 Å². The van der Waals surface area contributed by atoms with Crippen LogP contribution in [0.2, 0.25) is 0 Å². The summed E-state index contributed by atoms with van der Waals surface area (Å²) in [5.41, 5.74) is 2.46. The largest absolute Gasteiger partial charge is 0.378 e. The molecule has 2 N–H and O–H groups in total. The van der Waals surface area contributed by atoms with Gasteiger partial charge in [-0.2, -0.15) is 0 Å². The number of benzene rings is 2. The van der Waals surface area contributed by atoms with Gasteiger partial charge in [0.1, 0.15) is 23.2 Å². The van der Waals surface area contributed by atoms with E-state index in [4.69, 9.17) is 0 Å². The minimum Gasteiger partial charge on any atom is -0.378 e. The number of nitrogens with zero attached hydrogens (tertiary/aromatic N) is 3. The first-order valence-electron chi connectivity index (χ1n) is 8.38. The Labute approximate surface area is 157 Å². The molecule has 1 amide bonds. The van der Waals surface area contributed by atoms with Crippen molar-refractivity contribution in [1.29, 1.82) is 0 Å². The minimum absolute atomic E-state index is 0.220. The zero-order valence-corrected chi connectivity index (χ0v) is 15.3. The molecule has 0 radical (unpaired) electrons. The Bertz CT molecular complexity index is 957. The summed E-state index contributed by atoms with van der Waals surface area (Å²) in [6.07, 6.45) is 0. The summed E-state index contributed by atoms with van der Waals surface area (Å²) in [5.74, 6) is 0.149. The molecule has 0 fully saturated rings. The van der Waals surface area contributed by atoms with Gasteiger partial charge in [-0.25, -0.2) is 14.4 Å². The van der Waals surface area contributed by atoms with Gasteiger partial charge in [0.2, 0.25) is 0 Å². The maximum atomic E-state index is 13.3. The molecule has 7 heteroatoms. The van der Waals surface area contributed by atoms with Crippen LogP contribution in [0.3, 0.4) is 0 Å². The molecule has 27 heavy (non-hydrogen) atoms. The Morgan fingerprint density at radius 2 is 1.74 bits per heavy atom. The van der Waals surface area contributed by atoms with E-state index >= 15 is 0 Å². The van der Waals surface area contributed by atoms with Crippen LogP contribution < -0.4 is 15.5 Å². The molecule has 0 bridgehead atoms. The van der Waals surface area contributed by atoms with Crippen molar-refractivity contribution in [2.75, 3.05) is 29.6 Å². The van der Waals surface area contributed by atoms with Gasteiger partial charge in [0.05, 0.1) is 0 Å². The highest BCUT2D eigenvalue weighted by molar-refractivity contribution is 6.03. The molecule has 0 saturated carbocycles. The Morgan fingerprint density at radius 3 is 2.41 bits per heavy atom. The Kier molecular flexibility index (Phi) is 5.30. The van der Waals surface area contributed by atoms with E-state index in [1.807, 2.05) is 43.3 Å². The number of nitrogens with one attached hydrogen (secondary N) is 2. The van der Waals surface area contributed by atoms with Crippen LogP contribution >= 0.6 is 0 Å². The lowest BCUT2D eigenvalue weighted by Gasteiger charge is -2.13. The normalized spacial score (nSPS) is 10.4. The van der Waals surface area contributed by atoms with E-state index in [2.05, 4.69) is 20.6 Å². The number of carbonyl (C=O) groups excluding carboxylic acids is 1. The first-order chi connectivity index (χ1) is 12.9. The second-order valence-electron chi connectivity index (χ2n) is 6.22. The summed E-state index contributed by atoms with van der Waals surface area (Å²) in [6.45, 7) is 1.69. The highest BCUT2D eigenvalue weighted by atomic mass is 19.1. The fourth-order valence-electron chi connectivity index (χ4n) is 2.50. The predicted octanol–water partition coefficient (Wildman–Crippen LogP) is 3.99. The maximum absolute atomic E-state index is 13.3.